The Morgan fingerprint density at radius 1 is 1.10 bits per heavy atom. The standard InChI is InChI=1S/C19H18N4O6/c1-3-29-19(26)13(2)20-21-18(25)15-8-10-22(11-9-15)12-17(24)14-4-6-16(7-5-14)23(27)28/h4-11H,3,12H2,1-2H3/p+1. The maximum absolute atomic E-state index is 12.3. The van der Waals surface area contributed by atoms with E-state index in [0.717, 1.165) is 0 Å². The first-order valence-corrected chi connectivity index (χ1v) is 8.60. The molecule has 0 spiro atoms. The first-order valence-electron chi connectivity index (χ1n) is 8.60. The van der Waals surface area contributed by atoms with Crippen molar-refractivity contribution in [2.45, 2.75) is 20.4 Å². The van der Waals surface area contributed by atoms with Crippen LogP contribution in [0.2, 0.25) is 0 Å². The number of aromatic nitrogens is 1. The zero-order chi connectivity index (χ0) is 21.4. The summed E-state index contributed by atoms with van der Waals surface area (Å²) < 4.78 is 6.32. The van der Waals surface area contributed by atoms with Crippen molar-refractivity contribution in [1.82, 2.24) is 5.43 Å². The summed E-state index contributed by atoms with van der Waals surface area (Å²) in [7, 11) is 0. The summed E-state index contributed by atoms with van der Waals surface area (Å²) in [5.74, 6) is -1.39. The molecule has 0 bridgehead atoms. The van der Waals surface area contributed by atoms with E-state index < -0.39 is 16.8 Å². The van der Waals surface area contributed by atoms with Crippen LogP contribution in [-0.4, -0.2) is 34.9 Å². The zero-order valence-electron chi connectivity index (χ0n) is 15.8. The number of nitrogens with zero attached hydrogens (tertiary/aromatic N) is 3. The molecule has 1 amide bonds. The van der Waals surface area contributed by atoms with Crippen LogP contribution in [0.3, 0.4) is 0 Å². The van der Waals surface area contributed by atoms with E-state index in [4.69, 9.17) is 4.74 Å². The lowest BCUT2D eigenvalue weighted by molar-refractivity contribution is -0.683. The summed E-state index contributed by atoms with van der Waals surface area (Å²) in [4.78, 5) is 45.9. The molecule has 0 fully saturated rings. The van der Waals surface area contributed by atoms with Gasteiger partial charge < -0.3 is 4.74 Å². The Balaban J connectivity index is 1.98. The molecule has 0 aliphatic rings. The highest BCUT2D eigenvalue weighted by Crippen LogP contribution is 2.12. The highest BCUT2D eigenvalue weighted by atomic mass is 16.6. The first-order chi connectivity index (χ1) is 13.8. The molecule has 2 rings (SSSR count). The molecule has 1 heterocycles. The molecule has 1 aromatic carbocycles. The van der Waals surface area contributed by atoms with Gasteiger partial charge in [0.2, 0.25) is 12.3 Å². The van der Waals surface area contributed by atoms with Crippen LogP contribution in [-0.2, 0) is 16.1 Å². The monoisotopic (exact) mass is 399 g/mol. The Morgan fingerprint density at radius 2 is 1.72 bits per heavy atom. The number of carbonyl (C=O) groups is 3. The summed E-state index contributed by atoms with van der Waals surface area (Å²) in [5, 5.41) is 14.3. The molecule has 0 saturated heterocycles. The van der Waals surface area contributed by atoms with E-state index in [1.54, 1.807) is 23.9 Å². The number of carbonyl (C=O) groups excluding carboxylic acids is 3. The van der Waals surface area contributed by atoms with Gasteiger partial charge in [-0.05, 0) is 26.0 Å². The van der Waals surface area contributed by atoms with Crippen LogP contribution >= 0.6 is 0 Å². The molecule has 0 atom stereocenters. The van der Waals surface area contributed by atoms with Crippen molar-refractivity contribution < 1.29 is 28.6 Å². The van der Waals surface area contributed by atoms with Crippen LogP contribution in [0.5, 0.6) is 0 Å². The number of hydrogen-bond donors (Lipinski definition) is 1. The van der Waals surface area contributed by atoms with Crippen molar-refractivity contribution in [2.75, 3.05) is 6.61 Å². The second kappa shape index (κ2) is 9.83. The fraction of sp³-hybridized carbons (Fsp3) is 0.211. The Labute approximate surface area is 166 Å². The number of esters is 1. The molecular formula is C19H19N4O6+. The van der Waals surface area contributed by atoms with Crippen LogP contribution in [0.25, 0.3) is 0 Å². The predicted octanol–water partition coefficient (Wildman–Crippen LogP) is 1.43. The minimum atomic E-state index is -0.622. The molecule has 0 unspecified atom stereocenters. The Morgan fingerprint density at radius 3 is 2.28 bits per heavy atom. The summed E-state index contributed by atoms with van der Waals surface area (Å²) in [5.41, 5.74) is 2.80. The van der Waals surface area contributed by atoms with Crippen LogP contribution in [0, 0.1) is 10.1 Å². The SMILES string of the molecule is CCOC(=O)/C(C)=N/NC(=O)c1cc[n+](CC(=O)c2ccc([N+](=O)[O-])cc2)cc1. The largest absolute Gasteiger partial charge is 0.461 e. The van der Waals surface area contributed by atoms with Crippen molar-refractivity contribution in [1.29, 1.82) is 0 Å². The van der Waals surface area contributed by atoms with Crippen LogP contribution in [0.15, 0.2) is 53.9 Å². The Hall–Kier alpha value is -3.95. The number of Topliss-reactive ketones (excluding diaryl/α,β-unsaturated/α-hetero) is 1. The highest BCUT2D eigenvalue weighted by Gasteiger charge is 2.15. The molecule has 2 aromatic rings. The van der Waals surface area contributed by atoms with Gasteiger partial charge in [-0.25, -0.2) is 10.2 Å². The van der Waals surface area contributed by atoms with E-state index in [1.807, 2.05) is 0 Å². The number of amides is 1. The van der Waals surface area contributed by atoms with E-state index in [2.05, 4.69) is 10.5 Å². The number of hydrazone groups is 1. The lowest BCUT2D eigenvalue weighted by atomic mass is 10.1. The fourth-order valence-electron chi connectivity index (χ4n) is 2.22. The van der Waals surface area contributed by atoms with Gasteiger partial charge >= 0.3 is 5.97 Å². The molecule has 1 N–H and O–H groups in total. The molecule has 0 radical (unpaired) electrons. The summed E-state index contributed by atoms with van der Waals surface area (Å²) in [6, 6.07) is 8.31. The number of non-ortho nitro benzene ring substituents is 1. The zero-order valence-corrected chi connectivity index (χ0v) is 15.8. The van der Waals surface area contributed by atoms with Gasteiger partial charge in [0.05, 0.1) is 17.1 Å². The van der Waals surface area contributed by atoms with Crippen LogP contribution < -0.4 is 9.99 Å². The lowest BCUT2D eigenvalue weighted by Gasteiger charge is -2.03. The summed E-state index contributed by atoms with van der Waals surface area (Å²) in [6.45, 7) is 3.28. The van der Waals surface area contributed by atoms with E-state index >= 15 is 0 Å². The Bertz CT molecular complexity index is 952. The van der Waals surface area contributed by atoms with Gasteiger partial charge in [0.1, 0.15) is 5.71 Å². The maximum atomic E-state index is 12.3. The molecule has 29 heavy (non-hydrogen) atoms. The van der Waals surface area contributed by atoms with E-state index in [9.17, 15) is 24.5 Å². The third kappa shape index (κ3) is 6.03. The topological polar surface area (TPSA) is 132 Å². The second-order valence-electron chi connectivity index (χ2n) is 5.84. The number of pyridine rings is 1. The van der Waals surface area contributed by atoms with Gasteiger partial charge in [-0.15, -0.1) is 0 Å². The van der Waals surface area contributed by atoms with Gasteiger partial charge in [-0.2, -0.15) is 9.67 Å². The smallest absolute Gasteiger partial charge is 0.354 e. The molecule has 1 aromatic heterocycles. The van der Waals surface area contributed by atoms with Crippen LogP contribution in [0.1, 0.15) is 34.6 Å². The van der Waals surface area contributed by atoms with Crippen molar-refractivity contribution in [3.05, 3.63) is 70.0 Å². The Kier molecular flexibility index (Phi) is 7.24. The number of ether oxygens (including phenoxy) is 1. The van der Waals surface area contributed by atoms with Crippen molar-refractivity contribution in [2.24, 2.45) is 5.10 Å². The third-order valence-corrected chi connectivity index (χ3v) is 3.78. The molecule has 10 heteroatoms. The lowest BCUT2D eigenvalue weighted by Crippen LogP contribution is -2.37. The van der Waals surface area contributed by atoms with Gasteiger partial charge in [-0.1, -0.05) is 0 Å². The number of nitrogens with one attached hydrogen (secondary N) is 1. The maximum Gasteiger partial charge on any atom is 0.354 e. The van der Waals surface area contributed by atoms with Gasteiger partial charge in [0.15, 0.2) is 12.4 Å². The molecule has 150 valence electrons. The van der Waals surface area contributed by atoms with Crippen molar-refractivity contribution >= 4 is 29.1 Å². The van der Waals surface area contributed by atoms with Crippen molar-refractivity contribution in [3.63, 3.8) is 0 Å². The molecule has 0 saturated carbocycles. The van der Waals surface area contributed by atoms with E-state index in [-0.39, 0.29) is 35.9 Å². The molecular weight excluding hydrogens is 380 g/mol. The molecule has 0 aliphatic heterocycles. The normalized spacial score (nSPS) is 10.9. The fourth-order valence-corrected chi connectivity index (χ4v) is 2.22. The predicted molar refractivity (Wildman–Crippen MR) is 101 cm³/mol. The van der Waals surface area contributed by atoms with Crippen molar-refractivity contribution in [3.8, 4) is 0 Å². The average molecular weight is 399 g/mol. The van der Waals surface area contributed by atoms with Gasteiger partial charge in [-0.3, -0.25) is 19.7 Å². The first kappa shape index (κ1) is 21.4. The number of ketones is 1. The minimum Gasteiger partial charge on any atom is -0.461 e. The number of rotatable bonds is 8. The van der Waals surface area contributed by atoms with Gasteiger partial charge in [0, 0.05) is 29.8 Å². The number of nitro benzene ring substituents is 1. The number of nitro groups is 1. The molecule has 10 nitrogen and oxygen atoms in total. The number of hydrogen-bond acceptors (Lipinski definition) is 7. The third-order valence-electron chi connectivity index (χ3n) is 3.78. The molecule has 0 aliphatic carbocycles. The average Bonchev–Trinajstić information content (AvgIpc) is 2.72. The summed E-state index contributed by atoms with van der Waals surface area (Å²) >= 11 is 0. The highest BCUT2D eigenvalue weighted by molar-refractivity contribution is 6.35. The van der Waals surface area contributed by atoms with E-state index in [1.165, 1.54) is 43.3 Å². The number of benzene rings is 1. The minimum absolute atomic E-state index is 0.000169. The van der Waals surface area contributed by atoms with Crippen LogP contribution in [0.4, 0.5) is 5.69 Å². The second-order valence-corrected chi connectivity index (χ2v) is 5.84. The summed E-state index contributed by atoms with van der Waals surface area (Å²) in [6.07, 6.45) is 3.08. The van der Waals surface area contributed by atoms with E-state index in [0.29, 0.717) is 5.56 Å². The quantitative estimate of drug-likeness (QED) is 0.178. The van der Waals surface area contributed by atoms with Gasteiger partial charge in [0.25, 0.3) is 11.6 Å².